The number of hydrogen-bond acceptors (Lipinski definition) is 5. The first kappa shape index (κ1) is 24.4. The molecule has 0 aliphatic heterocycles. The van der Waals surface area contributed by atoms with Crippen molar-refractivity contribution in [2.24, 2.45) is 0 Å². The second-order valence-corrected chi connectivity index (χ2v) is 6.93. The summed E-state index contributed by atoms with van der Waals surface area (Å²) in [5.74, 6) is 0.581. The van der Waals surface area contributed by atoms with E-state index in [0.717, 1.165) is 24.0 Å². The van der Waals surface area contributed by atoms with Gasteiger partial charge < -0.3 is 24.1 Å². The number of aryl methyl sites for hydroxylation is 1. The molecule has 2 aromatic rings. The van der Waals surface area contributed by atoms with Crippen molar-refractivity contribution in [1.29, 1.82) is 0 Å². The molecule has 0 spiro atoms. The zero-order chi connectivity index (χ0) is 22.3. The van der Waals surface area contributed by atoms with Gasteiger partial charge in [0, 0.05) is 25.7 Å². The van der Waals surface area contributed by atoms with E-state index < -0.39 is 5.97 Å². The number of unbranched alkanes of at least 4 members (excludes halogenated alkanes) is 1. The summed E-state index contributed by atoms with van der Waals surface area (Å²) in [5.41, 5.74) is 3.21. The van der Waals surface area contributed by atoms with Gasteiger partial charge in [-0.15, -0.1) is 0 Å². The van der Waals surface area contributed by atoms with Gasteiger partial charge in [0.2, 0.25) is 0 Å². The molecule has 0 bridgehead atoms. The Morgan fingerprint density at radius 3 is 2.13 bits per heavy atom. The van der Waals surface area contributed by atoms with Gasteiger partial charge in [-0.1, -0.05) is 36.4 Å². The van der Waals surface area contributed by atoms with E-state index in [1.54, 1.807) is 0 Å². The van der Waals surface area contributed by atoms with Crippen molar-refractivity contribution in [2.45, 2.75) is 39.5 Å². The molecule has 0 heterocycles. The average Bonchev–Trinajstić information content (AvgIpc) is 2.76. The number of aliphatic carboxylic acids is 1. The summed E-state index contributed by atoms with van der Waals surface area (Å²) >= 11 is 0. The highest BCUT2D eigenvalue weighted by Gasteiger charge is 2.03. The van der Waals surface area contributed by atoms with Gasteiger partial charge in [0.1, 0.15) is 11.5 Å². The highest BCUT2D eigenvalue weighted by Crippen LogP contribution is 2.25. The van der Waals surface area contributed by atoms with Crippen LogP contribution >= 0.6 is 0 Å². The largest absolute Gasteiger partial charge is 0.481 e. The number of hydrogen-bond donors (Lipinski definition) is 1. The average molecular weight is 429 g/mol. The van der Waals surface area contributed by atoms with Gasteiger partial charge in [0.15, 0.2) is 13.6 Å². The van der Waals surface area contributed by atoms with Crippen molar-refractivity contribution in [2.75, 3.05) is 26.8 Å². The lowest BCUT2D eigenvalue weighted by Gasteiger charge is -2.11. The summed E-state index contributed by atoms with van der Waals surface area (Å²) in [6.45, 7) is 5.36. The van der Waals surface area contributed by atoms with Gasteiger partial charge in [0.05, 0.1) is 0 Å². The molecule has 2 aromatic carbocycles. The molecule has 31 heavy (non-hydrogen) atoms. The normalized spacial score (nSPS) is 11.0. The zero-order valence-corrected chi connectivity index (χ0v) is 18.3. The number of carbonyl (C=O) groups is 1. The van der Waals surface area contributed by atoms with Crippen LogP contribution in [0.25, 0.3) is 12.2 Å². The fourth-order valence-electron chi connectivity index (χ4n) is 2.89. The van der Waals surface area contributed by atoms with Crippen molar-refractivity contribution in [1.82, 2.24) is 0 Å². The Labute approximate surface area is 184 Å². The lowest BCUT2D eigenvalue weighted by molar-refractivity contribution is -0.137. The minimum absolute atomic E-state index is 0.179. The second-order valence-electron chi connectivity index (χ2n) is 6.93. The van der Waals surface area contributed by atoms with Gasteiger partial charge in [-0.2, -0.15) is 0 Å². The van der Waals surface area contributed by atoms with Crippen LogP contribution in [0.5, 0.6) is 11.5 Å². The molecule has 0 atom stereocenters. The van der Waals surface area contributed by atoms with Crippen molar-refractivity contribution in [3.05, 3.63) is 59.2 Å². The first-order valence-electron chi connectivity index (χ1n) is 10.7. The summed E-state index contributed by atoms with van der Waals surface area (Å²) in [7, 11) is 0. The van der Waals surface area contributed by atoms with Gasteiger partial charge in [-0.05, 0) is 61.9 Å². The molecule has 0 saturated carbocycles. The van der Waals surface area contributed by atoms with Crippen LogP contribution in [0, 0.1) is 0 Å². The lowest BCUT2D eigenvalue weighted by atomic mass is 10.0. The number of ether oxygens (including phenoxy) is 4. The van der Waals surface area contributed by atoms with Gasteiger partial charge in [-0.3, -0.25) is 4.79 Å². The summed E-state index contributed by atoms with van der Waals surface area (Å²) < 4.78 is 21.9. The molecule has 0 aliphatic rings. The maximum Gasteiger partial charge on any atom is 0.303 e. The van der Waals surface area contributed by atoms with Crippen molar-refractivity contribution >= 4 is 18.1 Å². The van der Waals surface area contributed by atoms with Crippen LogP contribution in [0.2, 0.25) is 0 Å². The molecular weight excluding hydrogens is 396 g/mol. The third-order valence-corrected chi connectivity index (χ3v) is 4.45. The van der Waals surface area contributed by atoms with E-state index in [-0.39, 0.29) is 20.0 Å². The van der Waals surface area contributed by atoms with Crippen LogP contribution in [-0.4, -0.2) is 37.9 Å². The Balaban J connectivity index is 2.06. The summed E-state index contributed by atoms with van der Waals surface area (Å²) in [4.78, 5) is 10.6. The highest BCUT2D eigenvalue weighted by molar-refractivity contribution is 5.71. The Hall–Kier alpha value is -2.83. The Kier molecular flexibility index (Phi) is 11.2. The predicted molar refractivity (Wildman–Crippen MR) is 121 cm³/mol. The lowest BCUT2D eigenvalue weighted by Crippen LogP contribution is -2.04. The van der Waals surface area contributed by atoms with E-state index in [2.05, 4.69) is 12.1 Å². The molecule has 6 nitrogen and oxygen atoms in total. The van der Waals surface area contributed by atoms with Crippen LogP contribution in [0.3, 0.4) is 0 Å². The van der Waals surface area contributed by atoms with Crippen LogP contribution < -0.4 is 9.47 Å². The van der Waals surface area contributed by atoms with E-state index in [0.29, 0.717) is 31.1 Å². The molecule has 0 unspecified atom stereocenters. The second kappa shape index (κ2) is 14.2. The van der Waals surface area contributed by atoms with Gasteiger partial charge in [0.25, 0.3) is 0 Å². The SMILES string of the molecule is CCOCOc1cc(C=Cc2cccc(CCCCC(=O)O)c2)cc(OCOCC)c1. The molecular formula is C25H32O6. The van der Waals surface area contributed by atoms with Crippen LogP contribution in [0.4, 0.5) is 0 Å². The standard InChI is InChI=1S/C25H32O6/c1-3-28-18-30-23-15-22(16-24(17-23)31-19-29-4-2)13-12-21-10-7-9-20(14-21)8-5-6-11-25(26)27/h7,9-10,12-17H,3-6,8,11,18-19H2,1-2H3,(H,26,27). The Morgan fingerprint density at radius 2 is 1.52 bits per heavy atom. The fourth-order valence-corrected chi connectivity index (χ4v) is 2.89. The van der Waals surface area contributed by atoms with E-state index in [1.165, 1.54) is 5.56 Å². The van der Waals surface area contributed by atoms with Gasteiger partial charge in [-0.25, -0.2) is 0 Å². The van der Waals surface area contributed by atoms with E-state index in [1.807, 2.05) is 56.3 Å². The number of benzene rings is 2. The van der Waals surface area contributed by atoms with Crippen molar-refractivity contribution < 1.29 is 28.8 Å². The van der Waals surface area contributed by atoms with Crippen LogP contribution in [0.1, 0.15) is 49.8 Å². The van der Waals surface area contributed by atoms with E-state index in [9.17, 15) is 4.79 Å². The summed E-state index contributed by atoms with van der Waals surface area (Å²) in [5, 5.41) is 8.75. The van der Waals surface area contributed by atoms with Crippen molar-refractivity contribution in [3.63, 3.8) is 0 Å². The smallest absolute Gasteiger partial charge is 0.303 e. The predicted octanol–water partition coefficient (Wildman–Crippen LogP) is 5.40. The van der Waals surface area contributed by atoms with E-state index in [4.69, 9.17) is 24.1 Å². The molecule has 6 heteroatoms. The van der Waals surface area contributed by atoms with Gasteiger partial charge >= 0.3 is 5.97 Å². The molecule has 2 rings (SSSR count). The summed E-state index contributed by atoms with van der Waals surface area (Å²) in [6.07, 6.45) is 6.67. The third kappa shape index (κ3) is 10.2. The Morgan fingerprint density at radius 1 is 0.871 bits per heavy atom. The molecule has 0 saturated heterocycles. The highest BCUT2D eigenvalue weighted by atomic mass is 16.7. The Bertz CT molecular complexity index is 802. The van der Waals surface area contributed by atoms with Crippen molar-refractivity contribution in [3.8, 4) is 11.5 Å². The number of carboxylic acids is 1. The molecule has 0 amide bonds. The molecule has 0 aliphatic carbocycles. The minimum atomic E-state index is -0.742. The molecule has 168 valence electrons. The molecule has 0 fully saturated rings. The maximum atomic E-state index is 10.6. The first-order valence-corrected chi connectivity index (χ1v) is 10.7. The van der Waals surface area contributed by atoms with Crippen LogP contribution in [-0.2, 0) is 20.7 Å². The zero-order valence-electron chi connectivity index (χ0n) is 18.3. The fraction of sp³-hybridized carbons (Fsp3) is 0.400. The number of rotatable bonds is 15. The maximum absolute atomic E-state index is 10.6. The summed E-state index contributed by atoms with van der Waals surface area (Å²) in [6, 6.07) is 13.9. The molecule has 1 N–H and O–H groups in total. The monoisotopic (exact) mass is 428 g/mol. The molecule has 0 aromatic heterocycles. The third-order valence-electron chi connectivity index (χ3n) is 4.45. The van der Waals surface area contributed by atoms with E-state index >= 15 is 0 Å². The molecule has 0 radical (unpaired) electrons. The first-order chi connectivity index (χ1) is 15.1. The minimum Gasteiger partial charge on any atom is -0.481 e. The van der Waals surface area contributed by atoms with Crippen LogP contribution in [0.15, 0.2) is 42.5 Å². The topological polar surface area (TPSA) is 74.2 Å². The quantitative estimate of drug-likeness (QED) is 0.233. The number of carboxylic acid groups (broad SMARTS) is 1.